The van der Waals surface area contributed by atoms with E-state index in [9.17, 15) is 19.2 Å². The number of unbranched alkanes of at least 4 members (excludes halogenated alkanes) is 1. The molecule has 0 heterocycles. The standard InChI is InChI=1S/C23H40N4O5S/c1-6-8-9-10-19(28)25-14-15-27(21(30)7-2)16-18-33-17-11-20(29)24-12-13-26-22(31)32-23(3,4)5/h1H,7-18H2,2-5H3,(H,24,29)(H,25,28)(H,26,31). The molecule has 0 aliphatic carbocycles. The number of carbonyl (C=O) groups is 4. The molecule has 4 amide bonds. The van der Waals surface area contributed by atoms with Crippen molar-refractivity contribution in [1.29, 1.82) is 0 Å². The summed E-state index contributed by atoms with van der Waals surface area (Å²) in [5, 5.41) is 8.14. The lowest BCUT2D eigenvalue weighted by Gasteiger charge is -2.22. The second-order valence-electron chi connectivity index (χ2n) is 8.28. The van der Waals surface area contributed by atoms with Gasteiger partial charge >= 0.3 is 6.09 Å². The monoisotopic (exact) mass is 484 g/mol. The molecule has 0 unspecified atom stereocenters. The predicted molar refractivity (Wildman–Crippen MR) is 132 cm³/mol. The summed E-state index contributed by atoms with van der Waals surface area (Å²) in [6, 6.07) is 0. The van der Waals surface area contributed by atoms with Gasteiger partial charge in [-0.05, 0) is 27.2 Å². The van der Waals surface area contributed by atoms with Gasteiger partial charge in [0, 0.05) is 69.9 Å². The second kappa shape index (κ2) is 18.1. The van der Waals surface area contributed by atoms with Crippen molar-refractivity contribution in [3.63, 3.8) is 0 Å². The van der Waals surface area contributed by atoms with Gasteiger partial charge in [-0.3, -0.25) is 14.4 Å². The van der Waals surface area contributed by atoms with Crippen LogP contribution in [0.5, 0.6) is 0 Å². The number of alkyl carbamates (subject to hydrolysis) is 1. The van der Waals surface area contributed by atoms with Crippen LogP contribution in [0, 0.1) is 12.3 Å². The van der Waals surface area contributed by atoms with Gasteiger partial charge in [0.05, 0.1) is 0 Å². The van der Waals surface area contributed by atoms with Gasteiger partial charge in [-0.15, -0.1) is 12.3 Å². The molecule has 0 aliphatic rings. The highest BCUT2D eigenvalue weighted by molar-refractivity contribution is 7.99. The van der Waals surface area contributed by atoms with E-state index in [1.807, 2.05) is 6.92 Å². The fourth-order valence-electron chi connectivity index (χ4n) is 2.57. The Labute approximate surface area is 202 Å². The Morgan fingerprint density at radius 1 is 0.939 bits per heavy atom. The van der Waals surface area contributed by atoms with Crippen LogP contribution in [0.15, 0.2) is 0 Å². The molecule has 0 radical (unpaired) electrons. The molecule has 0 spiro atoms. The molecule has 0 saturated heterocycles. The summed E-state index contributed by atoms with van der Waals surface area (Å²) in [7, 11) is 0. The van der Waals surface area contributed by atoms with E-state index in [-0.39, 0.29) is 17.7 Å². The molecule has 33 heavy (non-hydrogen) atoms. The molecule has 0 atom stereocenters. The van der Waals surface area contributed by atoms with Gasteiger partial charge in [0.1, 0.15) is 5.60 Å². The highest BCUT2D eigenvalue weighted by Crippen LogP contribution is 2.06. The SMILES string of the molecule is C#CCCCC(=O)NCCN(CCSCCC(=O)NCCNC(=O)OC(C)(C)C)C(=O)CC. The Kier molecular flexibility index (Phi) is 16.7. The van der Waals surface area contributed by atoms with Crippen LogP contribution >= 0.6 is 11.8 Å². The van der Waals surface area contributed by atoms with Gasteiger partial charge in [0.25, 0.3) is 0 Å². The van der Waals surface area contributed by atoms with E-state index in [0.717, 1.165) is 0 Å². The minimum absolute atomic E-state index is 0.0346. The number of nitrogens with zero attached hydrogens (tertiary/aromatic N) is 1. The summed E-state index contributed by atoms with van der Waals surface area (Å²) >= 11 is 1.59. The van der Waals surface area contributed by atoms with Crippen LogP contribution in [0.1, 0.15) is 59.8 Å². The molecule has 0 aliphatic heterocycles. The van der Waals surface area contributed by atoms with E-state index in [0.29, 0.717) is 76.3 Å². The average Bonchev–Trinajstić information content (AvgIpc) is 2.73. The highest BCUT2D eigenvalue weighted by Gasteiger charge is 2.15. The summed E-state index contributed by atoms with van der Waals surface area (Å²) in [6.45, 7) is 9.21. The molecule has 0 aromatic heterocycles. The van der Waals surface area contributed by atoms with E-state index < -0.39 is 11.7 Å². The van der Waals surface area contributed by atoms with Crippen molar-refractivity contribution >= 4 is 35.6 Å². The zero-order chi connectivity index (χ0) is 25.1. The Bertz CT molecular complexity index is 658. The number of terminal acetylenes is 1. The normalized spacial score (nSPS) is 10.6. The first kappa shape index (κ1) is 30.6. The molecular weight excluding hydrogens is 444 g/mol. The summed E-state index contributed by atoms with van der Waals surface area (Å²) in [6.07, 6.45) is 7.04. The van der Waals surface area contributed by atoms with E-state index in [2.05, 4.69) is 21.9 Å². The summed E-state index contributed by atoms with van der Waals surface area (Å²) in [5.74, 6) is 3.72. The number of ether oxygens (including phenoxy) is 1. The van der Waals surface area contributed by atoms with Gasteiger partial charge in [-0.1, -0.05) is 6.92 Å². The fraction of sp³-hybridized carbons (Fsp3) is 0.739. The smallest absolute Gasteiger partial charge is 0.407 e. The fourth-order valence-corrected chi connectivity index (χ4v) is 3.45. The third kappa shape index (κ3) is 18.8. The highest BCUT2D eigenvalue weighted by atomic mass is 32.2. The van der Waals surface area contributed by atoms with E-state index in [1.165, 1.54) is 0 Å². The quantitative estimate of drug-likeness (QED) is 0.228. The van der Waals surface area contributed by atoms with Crippen LogP contribution in [-0.4, -0.2) is 78.5 Å². The molecule has 0 aromatic rings. The lowest BCUT2D eigenvalue weighted by atomic mass is 10.2. The Hall–Kier alpha value is -2.41. The van der Waals surface area contributed by atoms with Crippen molar-refractivity contribution < 1.29 is 23.9 Å². The van der Waals surface area contributed by atoms with Gasteiger partial charge in [-0.25, -0.2) is 4.79 Å². The molecule has 188 valence electrons. The van der Waals surface area contributed by atoms with Crippen LogP contribution in [-0.2, 0) is 19.1 Å². The number of hydrogen-bond acceptors (Lipinski definition) is 6. The molecule has 10 heteroatoms. The van der Waals surface area contributed by atoms with Crippen molar-refractivity contribution in [2.24, 2.45) is 0 Å². The van der Waals surface area contributed by atoms with E-state index in [1.54, 1.807) is 37.4 Å². The number of nitrogens with one attached hydrogen (secondary N) is 3. The third-order valence-electron chi connectivity index (χ3n) is 4.18. The Morgan fingerprint density at radius 3 is 2.21 bits per heavy atom. The van der Waals surface area contributed by atoms with Crippen LogP contribution < -0.4 is 16.0 Å². The van der Waals surface area contributed by atoms with Crippen LogP contribution in [0.4, 0.5) is 4.79 Å². The maximum atomic E-state index is 12.1. The topological polar surface area (TPSA) is 117 Å². The van der Waals surface area contributed by atoms with Crippen LogP contribution in [0.3, 0.4) is 0 Å². The molecule has 9 nitrogen and oxygen atoms in total. The summed E-state index contributed by atoms with van der Waals surface area (Å²) in [4.78, 5) is 49.0. The van der Waals surface area contributed by atoms with Crippen molar-refractivity contribution in [3.8, 4) is 12.3 Å². The summed E-state index contributed by atoms with van der Waals surface area (Å²) in [5.41, 5.74) is -0.557. The third-order valence-corrected chi connectivity index (χ3v) is 5.14. The molecule has 0 saturated carbocycles. The molecule has 3 N–H and O–H groups in total. The number of amides is 4. The largest absolute Gasteiger partial charge is 0.444 e. The maximum absolute atomic E-state index is 12.1. The lowest BCUT2D eigenvalue weighted by molar-refractivity contribution is -0.131. The Balaban J connectivity index is 3.95. The van der Waals surface area contributed by atoms with Crippen LogP contribution in [0.2, 0.25) is 0 Å². The molecule has 0 aromatic carbocycles. The van der Waals surface area contributed by atoms with Crippen molar-refractivity contribution in [2.45, 2.75) is 65.4 Å². The average molecular weight is 485 g/mol. The molecular formula is C23H40N4O5S. The molecule has 0 rings (SSSR count). The first-order chi connectivity index (χ1) is 15.6. The zero-order valence-corrected chi connectivity index (χ0v) is 21.3. The van der Waals surface area contributed by atoms with Crippen molar-refractivity contribution in [3.05, 3.63) is 0 Å². The number of rotatable bonds is 16. The lowest BCUT2D eigenvalue weighted by Crippen LogP contribution is -2.39. The Morgan fingerprint density at radius 2 is 1.58 bits per heavy atom. The van der Waals surface area contributed by atoms with Gasteiger partial charge in [-0.2, -0.15) is 11.8 Å². The maximum Gasteiger partial charge on any atom is 0.407 e. The van der Waals surface area contributed by atoms with Crippen molar-refractivity contribution in [2.75, 3.05) is 44.2 Å². The van der Waals surface area contributed by atoms with Gasteiger partial charge in [0.15, 0.2) is 0 Å². The minimum Gasteiger partial charge on any atom is -0.444 e. The number of carbonyl (C=O) groups excluding carboxylic acids is 4. The van der Waals surface area contributed by atoms with E-state index in [4.69, 9.17) is 11.2 Å². The van der Waals surface area contributed by atoms with Gasteiger partial charge in [0.2, 0.25) is 17.7 Å². The molecule has 0 bridgehead atoms. The number of thioether (sulfide) groups is 1. The van der Waals surface area contributed by atoms with Crippen LogP contribution in [0.25, 0.3) is 0 Å². The van der Waals surface area contributed by atoms with E-state index >= 15 is 0 Å². The number of hydrogen-bond donors (Lipinski definition) is 3. The minimum atomic E-state index is -0.557. The van der Waals surface area contributed by atoms with Crippen molar-refractivity contribution in [1.82, 2.24) is 20.9 Å². The first-order valence-corrected chi connectivity index (χ1v) is 12.5. The zero-order valence-electron chi connectivity index (χ0n) is 20.5. The molecule has 0 fully saturated rings. The second-order valence-corrected chi connectivity index (χ2v) is 9.51. The predicted octanol–water partition coefficient (Wildman–Crippen LogP) is 1.91. The van der Waals surface area contributed by atoms with Gasteiger partial charge < -0.3 is 25.6 Å². The summed E-state index contributed by atoms with van der Waals surface area (Å²) < 4.78 is 5.12. The first-order valence-electron chi connectivity index (χ1n) is 11.4.